The van der Waals surface area contributed by atoms with Crippen molar-refractivity contribution in [2.45, 2.75) is 52.1 Å². The summed E-state index contributed by atoms with van der Waals surface area (Å²) < 4.78 is 5.79. The van der Waals surface area contributed by atoms with Gasteiger partial charge in [0.15, 0.2) is 6.10 Å². The maximum atomic E-state index is 12.5. The Hall–Kier alpha value is -3.60. The van der Waals surface area contributed by atoms with Crippen LogP contribution in [-0.2, 0) is 21.4 Å². The SMILES string of the molecule is C[C@H](Oc1ccc(C(C)(C)C)cc1)C(=O)Nc1ccc(NC(=O)CCc2ccccc2)cc1. The molecule has 172 valence electrons. The van der Waals surface area contributed by atoms with E-state index >= 15 is 0 Å². The number of amides is 2. The summed E-state index contributed by atoms with van der Waals surface area (Å²) in [6.45, 7) is 8.18. The van der Waals surface area contributed by atoms with Crippen molar-refractivity contribution < 1.29 is 14.3 Å². The summed E-state index contributed by atoms with van der Waals surface area (Å²) in [5.41, 5.74) is 3.73. The van der Waals surface area contributed by atoms with Crippen LogP contribution in [0.2, 0.25) is 0 Å². The first kappa shape index (κ1) is 24.1. The zero-order valence-electron chi connectivity index (χ0n) is 19.7. The van der Waals surface area contributed by atoms with Gasteiger partial charge < -0.3 is 15.4 Å². The second-order valence-corrected chi connectivity index (χ2v) is 9.13. The van der Waals surface area contributed by atoms with Crippen LogP contribution < -0.4 is 15.4 Å². The molecular formula is C28H32N2O3. The van der Waals surface area contributed by atoms with E-state index in [9.17, 15) is 9.59 Å². The molecule has 3 aromatic rings. The number of hydrogen-bond acceptors (Lipinski definition) is 3. The van der Waals surface area contributed by atoms with Gasteiger partial charge in [0.2, 0.25) is 5.91 Å². The molecule has 0 saturated heterocycles. The Morgan fingerprint density at radius 1 is 0.818 bits per heavy atom. The molecule has 3 rings (SSSR count). The Morgan fingerprint density at radius 3 is 1.97 bits per heavy atom. The number of benzene rings is 3. The number of rotatable bonds is 8. The Labute approximate surface area is 196 Å². The van der Waals surface area contributed by atoms with E-state index in [1.807, 2.05) is 54.6 Å². The van der Waals surface area contributed by atoms with Crippen LogP contribution in [0.1, 0.15) is 45.2 Å². The van der Waals surface area contributed by atoms with Crippen molar-refractivity contribution in [3.63, 3.8) is 0 Å². The van der Waals surface area contributed by atoms with E-state index < -0.39 is 6.10 Å². The summed E-state index contributed by atoms with van der Waals surface area (Å²) in [5.74, 6) is 0.365. The molecular weight excluding hydrogens is 412 g/mol. The number of anilines is 2. The smallest absolute Gasteiger partial charge is 0.265 e. The first-order chi connectivity index (χ1) is 15.7. The van der Waals surface area contributed by atoms with E-state index in [2.05, 4.69) is 31.4 Å². The van der Waals surface area contributed by atoms with Gasteiger partial charge in [-0.3, -0.25) is 9.59 Å². The number of ether oxygens (including phenoxy) is 1. The average Bonchev–Trinajstić information content (AvgIpc) is 2.79. The van der Waals surface area contributed by atoms with Gasteiger partial charge in [-0.1, -0.05) is 63.2 Å². The first-order valence-corrected chi connectivity index (χ1v) is 11.2. The number of carbonyl (C=O) groups is 2. The van der Waals surface area contributed by atoms with Gasteiger partial charge >= 0.3 is 0 Å². The third-order valence-corrected chi connectivity index (χ3v) is 5.32. The molecule has 0 spiro atoms. The quantitative estimate of drug-likeness (QED) is 0.450. The highest BCUT2D eigenvalue weighted by atomic mass is 16.5. The molecule has 0 aliphatic rings. The van der Waals surface area contributed by atoms with Crippen molar-refractivity contribution in [1.82, 2.24) is 0 Å². The highest BCUT2D eigenvalue weighted by molar-refractivity contribution is 5.95. The first-order valence-electron chi connectivity index (χ1n) is 11.2. The molecule has 0 aromatic heterocycles. The maximum absolute atomic E-state index is 12.5. The fraction of sp³-hybridized carbons (Fsp3) is 0.286. The van der Waals surface area contributed by atoms with E-state index in [4.69, 9.17) is 4.74 Å². The van der Waals surface area contributed by atoms with Crippen LogP contribution in [0.5, 0.6) is 5.75 Å². The molecule has 0 unspecified atom stereocenters. The summed E-state index contributed by atoms with van der Waals surface area (Å²) >= 11 is 0. The lowest BCUT2D eigenvalue weighted by atomic mass is 9.87. The molecule has 3 aromatic carbocycles. The van der Waals surface area contributed by atoms with Crippen LogP contribution in [0.25, 0.3) is 0 Å². The zero-order valence-corrected chi connectivity index (χ0v) is 19.7. The van der Waals surface area contributed by atoms with Crippen molar-refractivity contribution >= 4 is 23.2 Å². The van der Waals surface area contributed by atoms with E-state index in [0.717, 1.165) is 5.56 Å². The largest absolute Gasteiger partial charge is 0.481 e. The Kier molecular flexibility index (Phi) is 7.88. The van der Waals surface area contributed by atoms with Gasteiger partial charge in [0.1, 0.15) is 5.75 Å². The van der Waals surface area contributed by atoms with Gasteiger partial charge in [0, 0.05) is 17.8 Å². The predicted octanol–water partition coefficient (Wildman–Crippen LogP) is 5.96. The van der Waals surface area contributed by atoms with E-state index in [0.29, 0.717) is 30.0 Å². The molecule has 5 nitrogen and oxygen atoms in total. The number of nitrogens with one attached hydrogen (secondary N) is 2. The van der Waals surface area contributed by atoms with Crippen LogP contribution in [0.4, 0.5) is 11.4 Å². The Bertz CT molecular complexity index is 1050. The highest BCUT2D eigenvalue weighted by Gasteiger charge is 2.17. The van der Waals surface area contributed by atoms with Crippen LogP contribution >= 0.6 is 0 Å². The lowest BCUT2D eigenvalue weighted by Gasteiger charge is -2.20. The fourth-order valence-corrected chi connectivity index (χ4v) is 3.30. The van der Waals surface area contributed by atoms with Crippen LogP contribution in [0.3, 0.4) is 0 Å². The van der Waals surface area contributed by atoms with Gasteiger partial charge in [-0.05, 0) is 66.3 Å². The maximum Gasteiger partial charge on any atom is 0.265 e. The van der Waals surface area contributed by atoms with E-state index in [1.165, 1.54) is 5.56 Å². The normalized spacial score (nSPS) is 12.0. The lowest BCUT2D eigenvalue weighted by Crippen LogP contribution is -2.30. The molecule has 0 aliphatic heterocycles. The standard InChI is InChI=1S/C28H32N2O3/c1-20(33-25-17-11-22(12-18-25)28(2,3)4)27(32)30-24-15-13-23(14-16-24)29-26(31)19-10-21-8-6-5-7-9-21/h5-9,11-18,20H,10,19H2,1-4H3,(H,29,31)(H,30,32)/t20-/m0/s1. The predicted molar refractivity (Wildman–Crippen MR) is 134 cm³/mol. The van der Waals surface area contributed by atoms with Crippen molar-refractivity contribution in [1.29, 1.82) is 0 Å². The number of hydrogen-bond donors (Lipinski definition) is 2. The van der Waals surface area contributed by atoms with Crippen LogP contribution in [-0.4, -0.2) is 17.9 Å². The summed E-state index contributed by atoms with van der Waals surface area (Å²) in [7, 11) is 0. The molecule has 0 heterocycles. The third kappa shape index (κ3) is 7.49. The number of carbonyl (C=O) groups excluding carboxylic acids is 2. The molecule has 2 N–H and O–H groups in total. The summed E-state index contributed by atoms with van der Waals surface area (Å²) in [6.07, 6.45) is 0.453. The molecule has 0 bridgehead atoms. The molecule has 1 atom stereocenters. The van der Waals surface area contributed by atoms with Crippen LogP contribution in [0, 0.1) is 0 Å². The van der Waals surface area contributed by atoms with Gasteiger partial charge in [0.25, 0.3) is 5.91 Å². The fourth-order valence-electron chi connectivity index (χ4n) is 3.30. The molecule has 0 saturated carbocycles. The van der Waals surface area contributed by atoms with Gasteiger partial charge in [0.05, 0.1) is 0 Å². The minimum absolute atomic E-state index is 0.0462. The molecule has 0 fully saturated rings. The molecule has 2 amide bonds. The summed E-state index contributed by atoms with van der Waals surface area (Å²) in [4.78, 5) is 24.7. The molecule has 0 radical (unpaired) electrons. The van der Waals surface area contributed by atoms with Crippen molar-refractivity contribution in [2.24, 2.45) is 0 Å². The van der Waals surface area contributed by atoms with Gasteiger partial charge in [-0.25, -0.2) is 0 Å². The number of aryl methyl sites for hydroxylation is 1. The second-order valence-electron chi connectivity index (χ2n) is 9.13. The van der Waals surface area contributed by atoms with Crippen molar-refractivity contribution in [2.75, 3.05) is 10.6 Å². The van der Waals surface area contributed by atoms with E-state index in [-0.39, 0.29) is 17.2 Å². The van der Waals surface area contributed by atoms with Gasteiger partial charge in [-0.15, -0.1) is 0 Å². The topological polar surface area (TPSA) is 67.4 Å². The molecule has 33 heavy (non-hydrogen) atoms. The minimum Gasteiger partial charge on any atom is -0.481 e. The van der Waals surface area contributed by atoms with Gasteiger partial charge in [-0.2, -0.15) is 0 Å². The zero-order chi connectivity index (χ0) is 23.8. The average molecular weight is 445 g/mol. The summed E-state index contributed by atoms with van der Waals surface area (Å²) in [5, 5.41) is 5.73. The van der Waals surface area contributed by atoms with Crippen molar-refractivity contribution in [3.05, 3.63) is 90.0 Å². The minimum atomic E-state index is -0.650. The highest BCUT2D eigenvalue weighted by Crippen LogP contribution is 2.25. The lowest BCUT2D eigenvalue weighted by molar-refractivity contribution is -0.122. The second kappa shape index (κ2) is 10.8. The van der Waals surface area contributed by atoms with E-state index in [1.54, 1.807) is 31.2 Å². The Balaban J connectivity index is 1.47. The molecule has 5 heteroatoms. The van der Waals surface area contributed by atoms with Crippen molar-refractivity contribution in [3.8, 4) is 5.75 Å². The monoisotopic (exact) mass is 444 g/mol. The third-order valence-electron chi connectivity index (χ3n) is 5.32. The molecule has 0 aliphatic carbocycles. The Morgan fingerprint density at radius 2 is 1.39 bits per heavy atom. The summed E-state index contributed by atoms with van der Waals surface area (Å²) in [6, 6.07) is 24.8. The van der Waals surface area contributed by atoms with Crippen LogP contribution in [0.15, 0.2) is 78.9 Å².